The van der Waals surface area contributed by atoms with Gasteiger partial charge in [-0.25, -0.2) is 4.79 Å². The summed E-state index contributed by atoms with van der Waals surface area (Å²) >= 11 is 0. The first kappa shape index (κ1) is 52.4. The maximum atomic E-state index is 13.0. The van der Waals surface area contributed by atoms with E-state index in [9.17, 15) is 136 Å². The predicted octanol–water partition coefficient (Wildman–Crippen LogP) is 7.37. The molecule has 0 fully saturated rings. The van der Waals surface area contributed by atoms with Crippen molar-refractivity contribution in [1.82, 2.24) is 0 Å². The zero-order chi connectivity index (χ0) is 40.6. The Bertz CT molecular complexity index is 1300. The Hall–Kier alpha value is -0.944. The molecule has 0 rings (SSSR count). The van der Waals surface area contributed by atoms with Crippen LogP contribution in [0.4, 0.5) is 123 Å². The normalized spacial score (nSPS) is 16.0. The quantitative estimate of drug-likeness (QED) is 0.129. The number of alkyl halides is 28. The van der Waals surface area contributed by atoms with Gasteiger partial charge < -0.3 is 5.11 Å². The fraction of sp³-hybridized carbons (Fsp3) is 0.929. The summed E-state index contributed by atoms with van der Waals surface area (Å²) in [6.07, 6.45) is -15.2. The van der Waals surface area contributed by atoms with Crippen LogP contribution in [0.15, 0.2) is 0 Å². The van der Waals surface area contributed by atoms with Gasteiger partial charge in [-0.15, -0.1) is 0 Å². The van der Waals surface area contributed by atoms with Crippen LogP contribution < -0.4 is 0 Å². The standard InChI is InChI=1S/C8HF17O3S.C6HF11O2.K.H/c9-1(10,3(13,14)5(17,18)7(21,22)23)2(11,12)4(15,16)6(19,20)8(24,25)29(26,27)28;7-2(8,1(18)19)3(9,10)4(11,12)5(13,14)6(15,16)17;;/h(H,26,27,28);(H,18,19);;. The van der Waals surface area contributed by atoms with Gasteiger partial charge >= 0.3 is 144 Å². The van der Waals surface area contributed by atoms with E-state index in [1.54, 1.807) is 0 Å². The minimum absolute atomic E-state index is 0. The molecular formula is C14H3F28KO5S. The van der Waals surface area contributed by atoms with E-state index in [2.05, 4.69) is 0 Å². The Morgan fingerprint density at radius 3 is 0.735 bits per heavy atom. The SMILES string of the molecule is O=C(O)C(F)(F)C(F)(F)C(F)(F)C(F)(F)C(F)(F)F.O=S(=O)(O)C(F)(F)C(F)(F)C(F)(F)C(F)(F)C(F)(F)C(F)(F)C(F)(F)C(F)(F)F.[KH]. The number of rotatable bonds is 11. The number of halogens is 28. The van der Waals surface area contributed by atoms with Gasteiger partial charge in [0, 0.05) is 0 Å². The van der Waals surface area contributed by atoms with E-state index >= 15 is 0 Å². The molecule has 0 atom stereocenters. The molecule has 0 radical (unpaired) electrons. The number of aliphatic carboxylic acids is 1. The predicted molar refractivity (Wildman–Crippen MR) is 92.9 cm³/mol. The van der Waals surface area contributed by atoms with Crippen molar-refractivity contribution in [2.45, 2.75) is 76.8 Å². The monoisotopic (exact) mass is 854 g/mol. The summed E-state index contributed by atoms with van der Waals surface area (Å²) in [6.45, 7) is 0. The Balaban J connectivity index is -0.000000920. The van der Waals surface area contributed by atoms with E-state index in [-0.39, 0.29) is 51.4 Å². The van der Waals surface area contributed by atoms with Crippen LogP contribution in [0.1, 0.15) is 0 Å². The van der Waals surface area contributed by atoms with Crippen LogP contribution in [0.3, 0.4) is 0 Å². The summed E-state index contributed by atoms with van der Waals surface area (Å²) in [4.78, 5) is 9.60. The molecule has 0 aromatic carbocycles. The summed E-state index contributed by atoms with van der Waals surface area (Å²) in [5, 5.41) is -0.323. The van der Waals surface area contributed by atoms with Crippen molar-refractivity contribution in [2.24, 2.45) is 0 Å². The molecule has 0 aromatic rings. The average molecular weight is 854 g/mol. The summed E-state index contributed by atoms with van der Waals surface area (Å²) < 4.78 is 375. The molecule has 0 bridgehead atoms. The molecule has 0 spiro atoms. The molecule has 0 aliphatic carbocycles. The van der Waals surface area contributed by atoms with Crippen molar-refractivity contribution in [1.29, 1.82) is 0 Å². The van der Waals surface area contributed by atoms with Crippen molar-refractivity contribution >= 4 is 67.5 Å². The van der Waals surface area contributed by atoms with Crippen LogP contribution in [0.25, 0.3) is 0 Å². The van der Waals surface area contributed by atoms with Gasteiger partial charge in [0.25, 0.3) is 0 Å². The summed E-state index contributed by atoms with van der Waals surface area (Å²) in [5.41, 5.74) is 0. The van der Waals surface area contributed by atoms with Crippen LogP contribution in [0.5, 0.6) is 0 Å². The Labute approximate surface area is 289 Å². The molecule has 0 aliphatic rings. The third-order valence-corrected chi connectivity index (χ3v) is 5.73. The van der Waals surface area contributed by atoms with Gasteiger partial charge in [0.2, 0.25) is 0 Å². The van der Waals surface area contributed by atoms with Crippen molar-refractivity contribution in [3.8, 4) is 0 Å². The second kappa shape index (κ2) is 13.5. The van der Waals surface area contributed by atoms with Crippen molar-refractivity contribution in [3.05, 3.63) is 0 Å². The van der Waals surface area contributed by atoms with Crippen LogP contribution in [0.2, 0.25) is 0 Å². The number of carboxylic acids is 1. The van der Waals surface area contributed by atoms with E-state index in [0.29, 0.717) is 0 Å². The van der Waals surface area contributed by atoms with Gasteiger partial charge in [0.1, 0.15) is 0 Å². The molecule has 0 amide bonds. The zero-order valence-electron chi connectivity index (χ0n) is 20.1. The second-order valence-corrected chi connectivity index (χ2v) is 9.50. The molecule has 5 nitrogen and oxygen atoms in total. The van der Waals surface area contributed by atoms with Gasteiger partial charge in [-0.3, -0.25) is 4.55 Å². The van der Waals surface area contributed by atoms with E-state index in [1.165, 1.54) is 0 Å². The molecule has 0 saturated carbocycles. The third-order valence-electron chi connectivity index (χ3n) is 4.82. The van der Waals surface area contributed by atoms with E-state index in [4.69, 9.17) is 9.66 Å². The Morgan fingerprint density at radius 2 is 0.551 bits per heavy atom. The summed E-state index contributed by atoms with van der Waals surface area (Å²) in [6, 6.07) is 0. The molecule has 49 heavy (non-hydrogen) atoms. The van der Waals surface area contributed by atoms with Crippen molar-refractivity contribution in [2.75, 3.05) is 0 Å². The number of hydrogen-bond acceptors (Lipinski definition) is 3. The fourth-order valence-electron chi connectivity index (χ4n) is 2.02. The third kappa shape index (κ3) is 7.47. The maximum absolute atomic E-state index is 13.0. The number of carbonyl (C=O) groups is 1. The van der Waals surface area contributed by atoms with Crippen molar-refractivity contribution in [3.63, 3.8) is 0 Å². The van der Waals surface area contributed by atoms with Crippen LogP contribution >= 0.6 is 0 Å². The van der Waals surface area contributed by atoms with Gasteiger partial charge in [-0.2, -0.15) is 131 Å². The first-order chi connectivity index (χ1) is 19.9. The molecule has 0 saturated heterocycles. The molecule has 2 N–H and O–H groups in total. The molecule has 292 valence electrons. The fourth-order valence-corrected chi connectivity index (χ4v) is 2.47. The van der Waals surface area contributed by atoms with Crippen LogP contribution in [0, 0.1) is 0 Å². The topological polar surface area (TPSA) is 91.7 Å². The van der Waals surface area contributed by atoms with Gasteiger partial charge in [0.05, 0.1) is 0 Å². The molecular weight excluding hydrogens is 851 g/mol. The number of carboxylic acid groups (broad SMARTS) is 1. The Morgan fingerprint density at radius 1 is 0.367 bits per heavy atom. The molecule has 0 aromatic heterocycles. The first-order valence-corrected chi connectivity index (χ1v) is 10.9. The Kier molecular flexibility index (Phi) is 14.4. The number of hydrogen-bond donors (Lipinski definition) is 2. The van der Waals surface area contributed by atoms with E-state index in [0.717, 1.165) is 0 Å². The molecule has 0 heterocycles. The van der Waals surface area contributed by atoms with Gasteiger partial charge in [-0.05, 0) is 0 Å². The van der Waals surface area contributed by atoms with Crippen molar-refractivity contribution < 1.29 is 146 Å². The van der Waals surface area contributed by atoms with Crippen LogP contribution in [-0.4, -0.2) is 152 Å². The first-order valence-electron chi connectivity index (χ1n) is 9.44. The summed E-state index contributed by atoms with van der Waals surface area (Å²) in [5.74, 6) is -85.5. The van der Waals surface area contributed by atoms with E-state index < -0.39 is 92.9 Å². The zero-order valence-corrected chi connectivity index (χ0v) is 20.9. The average Bonchev–Trinajstić information content (AvgIpc) is 2.80. The molecule has 35 heteroatoms. The minimum atomic E-state index is -8.89. The second-order valence-electron chi connectivity index (χ2n) is 8.04. The molecule has 0 aliphatic heterocycles. The summed E-state index contributed by atoms with van der Waals surface area (Å²) in [7, 11) is -7.89. The van der Waals surface area contributed by atoms with Crippen LogP contribution in [-0.2, 0) is 14.9 Å². The molecule has 0 unspecified atom stereocenters. The van der Waals surface area contributed by atoms with E-state index in [1.807, 2.05) is 0 Å². The van der Waals surface area contributed by atoms with Gasteiger partial charge in [-0.1, -0.05) is 0 Å². The van der Waals surface area contributed by atoms with Gasteiger partial charge in [0.15, 0.2) is 0 Å².